The molecule has 0 amide bonds. The second kappa shape index (κ2) is 7.33. The number of aromatic nitrogens is 1. The minimum Gasteiger partial charge on any atom is -0.317 e. The van der Waals surface area contributed by atoms with Gasteiger partial charge in [0.15, 0.2) is 0 Å². The predicted octanol–water partition coefficient (Wildman–Crippen LogP) is 1.27. The molecule has 6 heteroatoms. The van der Waals surface area contributed by atoms with E-state index in [0.29, 0.717) is 31.5 Å². The molecule has 1 aliphatic rings. The van der Waals surface area contributed by atoms with Crippen LogP contribution in [-0.4, -0.2) is 49.6 Å². The number of hydrogen-bond donors (Lipinski definition) is 1. The van der Waals surface area contributed by atoms with E-state index in [1.807, 2.05) is 25.2 Å². The molecule has 0 aromatic carbocycles. The number of pyridine rings is 1. The fourth-order valence-corrected chi connectivity index (χ4v) is 4.29. The average molecular weight is 311 g/mol. The lowest BCUT2D eigenvalue weighted by atomic mass is 9.91. The van der Waals surface area contributed by atoms with E-state index in [-0.39, 0.29) is 5.75 Å². The largest absolute Gasteiger partial charge is 0.317 e. The van der Waals surface area contributed by atoms with Gasteiger partial charge >= 0.3 is 0 Å². The molecule has 5 nitrogen and oxygen atoms in total. The summed E-state index contributed by atoms with van der Waals surface area (Å²) in [6, 6.07) is 6.05. The molecule has 1 N–H and O–H groups in total. The van der Waals surface area contributed by atoms with Crippen LogP contribution in [-0.2, 0) is 16.4 Å². The normalized spacial score (nSPS) is 19.5. The van der Waals surface area contributed by atoms with E-state index in [9.17, 15) is 8.42 Å². The Balaban J connectivity index is 1.87. The van der Waals surface area contributed by atoms with Gasteiger partial charge in [-0.25, -0.2) is 12.7 Å². The van der Waals surface area contributed by atoms with E-state index >= 15 is 0 Å². The maximum atomic E-state index is 12.4. The zero-order chi connectivity index (χ0) is 15.3. The van der Waals surface area contributed by atoms with Crippen molar-refractivity contribution in [2.24, 2.45) is 5.92 Å². The molecule has 1 aromatic rings. The summed E-state index contributed by atoms with van der Waals surface area (Å²) in [6.45, 7) is 3.44. The van der Waals surface area contributed by atoms with Crippen molar-refractivity contribution in [2.45, 2.75) is 32.2 Å². The van der Waals surface area contributed by atoms with Crippen molar-refractivity contribution < 1.29 is 8.42 Å². The van der Waals surface area contributed by atoms with Gasteiger partial charge in [0.2, 0.25) is 10.0 Å². The Kier molecular flexibility index (Phi) is 5.72. The molecule has 21 heavy (non-hydrogen) atoms. The Hall–Kier alpha value is -0.980. The highest BCUT2D eigenvalue weighted by Crippen LogP contribution is 2.22. The van der Waals surface area contributed by atoms with Gasteiger partial charge in [0.05, 0.1) is 5.75 Å². The fourth-order valence-electron chi connectivity index (χ4n) is 2.80. The topological polar surface area (TPSA) is 62.3 Å². The molecule has 0 aliphatic carbocycles. The summed E-state index contributed by atoms with van der Waals surface area (Å²) in [5.74, 6) is 0.716. The van der Waals surface area contributed by atoms with Crippen molar-refractivity contribution in [3.05, 3.63) is 30.1 Å². The van der Waals surface area contributed by atoms with Crippen LogP contribution in [0, 0.1) is 5.92 Å². The summed E-state index contributed by atoms with van der Waals surface area (Å²) in [4.78, 5) is 4.18. The average Bonchev–Trinajstić information content (AvgIpc) is 2.53. The Bertz CT molecular complexity index is 525. The number of aryl methyl sites for hydroxylation is 1. The number of nitrogens with one attached hydrogen (secondary N) is 1. The van der Waals surface area contributed by atoms with Crippen LogP contribution in [0.4, 0.5) is 0 Å². The van der Waals surface area contributed by atoms with Crippen LogP contribution in [0.1, 0.15) is 25.5 Å². The molecule has 0 bridgehead atoms. The molecule has 0 radical (unpaired) electrons. The van der Waals surface area contributed by atoms with Crippen LogP contribution >= 0.6 is 0 Å². The summed E-state index contributed by atoms with van der Waals surface area (Å²) in [6.07, 6.45) is 4.05. The van der Waals surface area contributed by atoms with Crippen molar-refractivity contribution in [2.75, 3.05) is 25.9 Å². The van der Waals surface area contributed by atoms with Crippen molar-refractivity contribution in [1.29, 1.82) is 0 Å². The van der Waals surface area contributed by atoms with Gasteiger partial charge in [0, 0.05) is 37.4 Å². The van der Waals surface area contributed by atoms with Crippen LogP contribution in [0.2, 0.25) is 0 Å². The van der Waals surface area contributed by atoms with Crippen molar-refractivity contribution in [3.8, 4) is 0 Å². The Morgan fingerprint density at radius 1 is 1.38 bits per heavy atom. The molecule has 1 atom stereocenters. The summed E-state index contributed by atoms with van der Waals surface area (Å²) in [7, 11) is -1.21. The second-order valence-corrected chi connectivity index (χ2v) is 7.79. The molecule has 1 aliphatic heterocycles. The van der Waals surface area contributed by atoms with E-state index in [0.717, 1.165) is 18.5 Å². The van der Waals surface area contributed by atoms with Gasteiger partial charge in [-0.3, -0.25) is 4.98 Å². The summed E-state index contributed by atoms with van der Waals surface area (Å²) in [5.41, 5.74) is 0.833. The Morgan fingerprint density at radius 3 is 2.67 bits per heavy atom. The molecule has 1 unspecified atom stereocenters. The van der Waals surface area contributed by atoms with Crippen LogP contribution in [0.25, 0.3) is 0 Å². The molecule has 118 valence electrons. The zero-order valence-electron chi connectivity index (χ0n) is 12.8. The first-order chi connectivity index (χ1) is 10.0. The van der Waals surface area contributed by atoms with Gasteiger partial charge < -0.3 is 5.32 Å². The monoisotopic (exact) mass is 311 g/mol. The number of piperidine rings is 1. The first-order valence-corrected chi connectivity index (χ1v) is 9.19. The van der Waals surface area contributed by atoms with Gasteiger partial charge in [0.1, 0.15) is 0 Å². The standard InChI is InChI=1S/C15H25N3O2S/c1-13(16-2)14-6-10-18(11-7-14)21(19,20)12-8-15-5-3-4-9-17-15/h3-5,9,13-14,16H,6-8,10-12H2,1-2H3. The molecule has 2 rings (SSSR count). The lowest BCUT2D eigenvalue weighted by Crippen LogP contribution is -2.44. The maximum Gasteiger partial charge on any atom is 0.214 e. The number of hydrogen-bond acceptors (Lipinski definition) is 4. The molecule has 0 saturated carbocycles. The molecule has 0 spiro atoms. The van der Waals surface area contributed by atoms with Gasteiger partial charge in [-0.15, -0.1) is 0 Å². The molecular weight excluding hydrogens is 286 g/mol. The maximum absolute atomic E-state index is 12.4. The van der Waals surface area contributed by atoms with Crippen LogP contribution < -0.4 is 5.32 Å². The second-order valence-electron chi connectivity index (χ2n) is 5.70. The van der Waals surface area contributed by atoms with Crippen molar-refractivity contribution in [1.82, 2.24) is 14.6 Å². The van der Waals surface area contributed by atoms with E-state index in [2.05, 4.69) is 17.2 Å². The number of rotatable bonds is 6. The minimum absolute atomic E-state index is 0.149. The highest BCUT2D eigenvalue weighted by Gasteiger charge is 2.29. The third-order valence-corrected chi connectivity index (χ3v) is 6.27. The Morgan fingerprint density at radius 2 is 2.10 bits per heavy atom. The molecule has 2 heterocycles. The first kappa shape index (κ1) is 16.4. The number of sulfonamides is 1. The smallest absolute Gasteiger partial charge is 0.214 e. The quantitative estimate of drug-likeness (QED) is 0.859. The van der Waals surface area contributed by atoms with Crippen molar-refractivity contribution >= 4 is 10.0 Å². The van der Waals surface area contributed by atoms with Crippen LogP contribution in [0.3, 0.4) is 0 Å². The molecule has 1 saturated heterocycles. The van der Waals surface area contributed by atoms with Crippen molar-refractivity contribution in [3.63, 3.8) is 0 Å². The van der Waals surface area contributed by atoms with E-state index in [1.54, 1.807) is 10.5 Å². The number of nitrogens with zero attached hydrogens (tertiary/aromatic N) is 2. The first-order valence-electron chi connectivity index (χ1n) is 7.58. The minimum atomic E-state index is -3.16. The SMILES string of the molecule is CNC(C)C1CCN(S(=O)(=O)CCc2ccccn2)CC1. The molecule has 1 fully saturated rings. The summed E-state index contributed by atoms with van der Waals surface area (Å²) >= 11 is 0. The van der Waals surface area contributed by atoms with Crippen LogP contribution in [0.5, 0.6) is 0 Å². The Labute approximate surface area is 127 Å². The summed E-state index contributed by atoms with van der Waals surface area (Å²) in [5, 5.41) is 3.26. The van der Waals surface area contributed by atoms with Gasteiger partial charge in [-0.05, 0) is 44.9 Å². The van der Waals surface area contributed by atoms with E-state index in [4.69, 9.17) is 0 Å². The third-order valence-electron chi connectivity index (χ3n) is 4.40. The highest BCUT2D eigenvalue weighted by molar-refractivity contribution is 7.89. The van der Waals surface area contributed by atoms with Gasteiger partial charge in [-0.2, -0.15) is 0 Å². The highest BCUT2D eigenvalue weighted by atomic mass is 32.2. The summed E-state index contributed by atoms with van der Waals surface area (Å²) < 4.78 is 26.4. The third kappa shape index (κ3) is 4.49. The van der Waals surface area contributed by atoms with E-state index in [1.165, 1.54) is 0 Å². The van der Waals surface area contributed by atoms with E-state index < -0.39 is 10.0 Å². The zero-order valence-corrected chi connectivity index (χ0v) is 13.6. The van der Waals surface area contributed by atoms with Gasteiger partial charge in [0.25, 0.3) is 0 Å². The van der Waals surface area contributed by atoms with Crippen LogP contribution in [0.15, 0.2) is 24.4 Å². The predicted molar refractivity (Wildman–Crippen MR) is 84.5 cm³/mol. The molecular formula is C15H25N3O2S. The lowest BCUT2D eigenvalue weighted by Gasteiger charge is -2.34. The lowest BCUT2D eigenvalue weighted by molar-refractivity contribution is 0.236. The fraction of sp³-hybridized carbons (Fsp3) is 0.667. The molecule has 1 aromatic heterocycles. The van der Waals surface area contributed by atoms with Gasteiger partial charge in [-0.1, -0.05) is 6.07 Å².